The first-order valence-corrected chi connectivity index (χ1v) is 6.59. The summed E-state index contributed by atoms with van der Waals surface area (Å²) in [5.74, 6) is 1.63. The second-order valence-electron chi connectivity index (χ2n) is 4.98. The number of rotatable bonds is 3. The molecule has 0 aliphatic carbocycles. The fraction of sp³-hybridized carbons (Fsp3) is 0.643. The fourth-order valence-electron chi connectivity index (χ4n) is 2.21. The van der Waals surface area contributed by atoms with Crippen molar-refractivity contribution >= 4 is 5.82 Å². The molecule has 0 radical (unpaired) electrons. The van der Waals surface area contributed by atoms with Crippen LogP contribution in [0.15, 0.2) is 18.3 Å². The van der Waals surface area contributed by atoms with Crippen molar-refractivity contribution in [3.05, 3.63) is 23.9 Å². The molecule has 0 saturated carbocycles. The van der Waals surface area contributed by atoms with E-state index in [-0.39, 0.29) is 6.10 Å². The Balaban J connectivity index is 2.02. The maximum atomic E-state index is 9.48. The van der Waals surface area contributed by atoms with Crippen molar-refractivity contribution in [1.29, 1.82) is 0 Å². The monoisotopic (exact) mass is 234 g/mol. The van der Waals surface area contributed by atoms with E-state index in [0.717, 1.165) is 38.2 Å². The third-order valence-corrected chi connectivity index (χ3v) is 3.74. The van der Waals surface area contributed by atoms with Crippen molar-refractivity contribution in [1.82, 2.24) is 4.98 Å². The molecule has 0 spiro atoms. The predicted octanol–water partition coefficient (Wildman–Crippen LogP) is 2.56. The van der Waals surface area contributed by atoms with Gasteiger partial charge in [-0.3, -0.25) is 0 Å². The third kappa shape index (κ3) is 2.97. The summed E-state index contributed by atoms with van der Waals surface area (Å²) in [6.07, 6.45) is 4.74. The van der Waals surface area contributed by atoms with Gasteiger partial charge in [-0.15, -0.1) is 0 Å². The Morgan fingerprint density at radius 2 is 2.12 bits per heavy atom. The van der Waals surface area contributed by atoms with Crippen molar-refractivity contribution in [3.8, 4) is 0 Å². The Bertz CT molecular complexity index is 342. The molecule has 1 aromatic heterocycles. The van der Waals surface area contributed by atoms with Gasteiger partial charge in [0.25, 0.3) is 0 Å². The standard InChI is InChI=1S/C14H22N2O/c1-3-11(2)12-4-5-14(15-10-12)16-8-6-13(17)7-9-16/h4-5,10-11,13,17H,3,6-9H2,1-2H3. The summed E-state index contributed by atoms with van der Waals surface area (Å²) in [6, 6.07) is 4.29. The van der Waals surface area contributed by atoms with Crippen molar-refractivity contribution in [2.75, 3.05) is 18.0 Å². The number of aromatic nitrogens is 1. The summed E-state index contributed by atoms with van der Waals surface area (Å²) in [7, 11) is 0. The average molecular weight is 234 g/mol. The van der Waals surface area contributed by atoms with E-state index in [0.29, 0.717) is 5.92 Å². The van der Waals surface area contributed by atoms with Gasteiger partial charge in [0, 0.05) is 19.3 Å². The van der Waals surface area contributed by atoms with Gasteiger partial charge in [-0.25, -0.2) is 4.98 Å². The van der Waals surface area contributed by atoms with E-state index in [1.807, 2.05) is 6.20 Å². The Hall–Kier alpha value is -1.09. The van der Waals surface area contributed by atoms with Gasteiger partial charge >= 0.3 is 0 Å². The molecular weight excluding hydrogens is 212 g/mol. The highest BCUT2D eigenvalue weighted by atomic mass is 16.3. The van der Waals surface area contributed by atoms with E-state index in [1.165, 1.54) is 5.56 Å². The van der Waals surface area contributed by atoms with Crippen LogP contribution in [-0.4, -0.2) is 29.3 Å². The van der Waals surface area contributed by atoms with Crippen LogP contribution in [0.3, 0.4) is 0 Å². The third-order valence-electron chi connectivity index (χ3n) is 3.74. The molecule has 3 nitrogen and oxygen atoms in total. The van der Waals surface area contributed by atoms with E-state index in [9.17, 15) is 5.11 Å². The van der Waals surface area contributed by atoms with Crippen LogP contribution in [-0.2, 0) is 0 Å². The highest BCUT2D eigenvalue weighted by molar-refractivity contribution is 5.40. The molecule has 3 heteroatoms. The van der Waals surface area contributed by atoms with E-state index in [1.54, 1.807) is 0 Å². The normalized spacial score (nSPS) is 19.4. The Morgan fingerprint density at radius 1 is 1.41 bits per heavy atom. The second kappa shape index (κ2) is 5.50. The zero-order chi connectivity index (χ0) is 12.3. The molecule has 2 heterocycles. The number of nitrogens with zero attached hydrogens (tertiary/aromatic N) is 2. The van der Waals surface area contributed by atoms with Crippen LogP contribution in [0.1, 0.15) is 44.6 Å². The lowest BCUT2D eigenvalue weighted by molar-refractivity contribution is 0.145. The number of pyridine rings is 1. The molecular formula is C14H22N2O. The van der Waals surface area contributed by atoms with Gasteiger partial charge in [0.15, 0.2) is 0 Å². The molecule has 1 saturated heterocycles. The average Bonchev–Trinajstić information content (AvgIpc) is 2.39. The van der Waals surface area contributed by atoms with E-state index in [4.69, 9.17) is 0 Å². The van der Waals surface area contributed by atoms with E-state index in [2.05, 4.69) is 35.9 Å². The van der Waals surface area contributed by atoms with Crippen LogP contribution < -0.4 is 4.90 Å². The SMILES string of the molecule is CCC(C)c1ccc(N2CCC(O)CC2)nc1. The second-order valence-corrected chi connectivity index (χ2v) is 4.98. The molecule has 0 bridgehead atoms. The number of hydrogen-bond acceptors (Lipinski definition) is 3. The molecule has 1 N–H and O–H groups in total. The van der Waals surface area contributed by atoms with Crippen molar-refractivity contribution < 1.29 is 5.11 Å². The molecule has 0 aromatic carbocycles. The number of aliphatic hydroxyl groups is 1. The van der Waals surface area contributed by atoms with Crippen LogP contribution in [0, 0.1) is 0 Å². The van der Waals surface area contributed by atoms with Gasteiger partial charge in [-0.2, -0.15) is 0 Å². The molecule has 0 amide bonds. The minimum absolute atomic E-state index is 0.120. The lowest BCUT2D eigenvalue weighted by atomic mass is 10.0. The van der Waals surface area contributed by atoms with Crippen LogP contribution in [0.4, 0.5) is 5.82 Å². The highest BCUT2D eigenvalue weighted by Crippen LogP contribution is 2.22. The maximum absolute atomic E-state index is 9.48. The molecule has 1 aliphatic rings. The Morgan fingerprint density at radius 3 is 2.65 bits per heavy atom. The molecule has 1 fully saturated rings. The van der Waals surface area contributed by atoms with Crippen LogP contribution in [0.5, 0.6) is 0 Å². The van der Waals surface area contributed by atoms with Crippen LogP contribution in [0.2, 0.25) is 0 Å². The molecule has 2 rings (SSSR count). The molecule has 17 heavy (non-hydrogen) atoms. The molecule has 1 atom stereocenters. The number of aliphatic hydroxyl groups excluding tert-OH is 1. The lowest BCUT2D eigenvalue weighted by Gasteiger charge is -2.30. The van der Waals surface area contributed by atoms with Crippen molar-refractivity contribution in [3.63, 3.8) is 0 Å². The Kier molecular flexibility index (Phi) is 4.00. The molecule has 1 unspecified atom stereocenters. The summed E-state index contributed by atoms with van der Waals surface area (Å²) in [5, 5.41) is 9.48. The Labute approximate surface area is 103 Å². The first-order valence-electron chi connectivity index (χ1n) is 6.59. The van der Waals surface area contributed by atoms with E-state index < -0.39 is 0 Å². The number of hydrogen-bond donors (Lipinski definition) is 1. The number of anilines is 1. The quantitative estimate of drug-likeness (QED) is 0.873. The van der Waals surface area contributed by atoms with Gasteiger partial charge in [-0.1, -0.05) is 19.9 Å². The van der Waals surface area contributed by atoms with Gasteiger partial charge in [-0.05, 0) is 36.8 Å². The molecule has 94 valence electrons. The van der Waals surface area contributed by atoms with Gasteiger partial charge < -0.3 is 10.0 Å². The van der Waals surface area contributed by atoms with Gasteiger partial charge in [0.05, 0.1) is 6.10 Å². The smallest absolute Gasteiger partial charge is 0.128 e. The summed E-state index contributed by atoms with van der Waals surface area (Å²) in [4.78, 5) is 6.80. The van der Waals surface area contributed by atoms with Crippen molar-refractivity contribution in [2.24, 2.45) is 0 Å². The maximum Gasteiger partial charge on any atom is 0.128 e. The first kappa shape index (κ1) is 12.4. The zero-order valence-corrected chi connectivity index (χ0v) is 10.8. The van der Waals surface area contributed by atoms with Gasteiger partial charge in [0.1, 0.15) is 5.82 Å². The summed E-state index contributed by atoms with van der Waals surface area (Å²) in [5.41, 5.74) is 1.31. The topological polar surface area (TPSA) is 36.4 Å². The first-order chi connectivity index (χ1) is 8.20. The zero-order valence-electron chi connectivity index (χ0n) is 10.8. The van der Waals surface area contributed by atoms with Crippen molar-refractivity contribution in [2.45, 2.75) is 45.1 Å². The van der Waals surface area contributed by atoms with Crippen LogP contribution >= 0.6 is 0 Å². The summed E-state index contributed by atoms with van der Waals surface area (Å²) in [6.45, 7) is 6.26. The minimum atomic E-state index is -0.120. The lowest BCUT2D eigenvalue weighted by Crippen LogP contribution is -2.36. The largest absolute Gasteiger partial charge is 0.393 e. The molecule has 1 aliphatic heterocycles. The summed E-state index contributed by atoms with van der Waals surface area (Å²) >= 11 is 0. The summed E-state index contributed by atoms with van der Waals surface area (Å²) < 4.78 is 0. The van der Waals surface area contributed by atoms with Gasteiger partial charge in [0.2, 0.25) is 0 Å². The highest BCUT2D eigenvalue weighted by Gasteiger charge is 2.18. The minimum Gasteiger partial charge on any atom is -0.393 e. The fourth-order valence-corrected chi connectivity index (χ4v) is 2.21. The van der Waals surface area contributed by atoms with E-state index >= 15 is 0 Å². The number of piperidine rings is 1. The molecule has 1 aromatic rings. The predicted molar refractivity (Wildman–Crippen MR) is 70.4 cm³/mol. The van der Waals surface area contributed by atoms with Crippen LogP contribution in [0.25, 0.3) is 0 Å².